The van der Waals surface area contributed by atoms with E-state index in [0.717, 1.165) is 49.8 Å². The number of nitrogens with one attached hydrogen (secondary N) is 1. The zero-order valence-corrected chi connectivity index (χ0v) is 25.3. The number of carbonyl (C=O) groups is 2. The average molecular weight is 682 g/mol. The fourth-order valence-corrected chi connectivity index (χ4v) is 4.66. The van der Waals surface area contributed by atoms with Crippen molar-refractivity contribution in [3.05, 3.63) is 80.2 Å². The Balaban J connectivity index is 0.000000193. The van der Waals surface area contributed by atoms with E-state index in [1.807, 2.05) is 43.3 Å². The molecule has 13 heteroatoms. The molecule has 2 aromatic carbocycles. The van der Waals surface area contributed by atoms with Crippen LogP contribution in [0.3, 0.4) is 0 Å². The van der Waals surface area contributed by atoms with Crippen molar-refractivity contribution in [1.82, 2.24) is 15.0 Å². The summed E-state index contributed by atoms with van der Waals surface area (Å²) in [6.45, 7) is 5.00. The summed E-state index contributed by atoms with van der Waals surface area (Å²) in [5.41, 5.74) is 18.7. The van der Waals surface area contributed by atoms with Gasteiger partial charge in [0.1, 0.15) is 0 Å². The van der Waals surface area contributed by atoms with Gasteiger partial charge in [-0.25, -0.2) is 14.8 Å². The Morgan fingerprint density at radius 3 is 2.31 bits per heavy atom. The van der Waals surface area contributed by atoms with E-state index in [1.54, 1.807) is 12.1 Å². The van der Waals surface area contributed by atoms with Gasteiger partial charge in [-0.2, -0.15) is 0 Å². The lowest BCUT2D eigenvalue weighted by Crippen LogP contribution is -2.18. The molecule has 3 heterocycles. The van der Waals surface area contributed by atoms with E-state index in [0.29, 0.717) is 17.6 Å². The van der Waals surface area contributed by atoms with Gasteiger partial charge in [-0.15, -0.1) is 11.3 Å². The number of hydrogen-bond donors (Lipinski definition) is 5. The molecule has 1 aliphatic heterocycles. The van der Waals surface area contributed by atoms with Crippen molar-refractivity contribution in [2.75, 3.05) is 13.2 Å². The molecule has 0 bridgehead atoms. The highest BCUT2D eigenvalue weighted by Gasteiger charge is 2.10. The van der Waals surface area contributed by atoms with E-state index >= 15 is 0 Å². The van der Waals surface area contributed by atoms with Crippen LogP contribution >= 0.6 is 43.2 Å². The average Bonchev–Trinajstić information content (AvgIpc) is 3.64. The molecular formula is C26H30Br2N6O4S. The number of halogens is 2. The number of aromatic nitrogens is 3. The number of allylic oxidation sites excluding steroid dienone is 2. The maximum Gasteiger partial charge on any atom is 0.365 e. The molecule has 1 fully saturated rings. The zero-order chi connectivity index (χ0) is 28.9. The van der Waals surface area contributed by atoms with Crippen LogP contribution in [-0.2, 0) is 4.74 Å². The molecule has 1 aliphatic rings. The molecule has 2 aromatic heterocycles. The molecule has 208 valence electrons. The van der Waals surface area contributed by atoms with Crippen LogP contribution < -0.4 is 17.2 Å². The molecule has 1 atom stereocenters. The maximum atomic E-state index is 11.0. The quantitative estimate of drug-likeness (QED) is 0.141. The number of aromatic amines is 1. The number of ketones is 1. The number of Topliss-reactive ketones (excluding diaryl/α,β-unsaturated/α-hetero) is 1. The van der Waals surface area contributed by atoms with Crippen LogP contribution in [0.5, 0.6) is 0 Å². The van der Waals surface area contributed by atoms with E-state index in [1.165, 1.54) is 24.5 Å². The van der Waals surface area contributed by atoms with E-state index in [-0.39, 0.29) is 10.8 Å². The van der Waals surface area contributed by atoms with E-state index < -0.39 is 5.97 Å². The smallest absolute Gasteiger partial charge is 0.365 e. The molecule has 0 radical (unpaired) electrons. The summed E-state index contributed by atoms with van der Waals surface area (Å²) < 4.78 is 7.72. The lowest BCUT2D eigenvalue weighted by molar-refractivity contribution is 0.0696. The first-order chi connectivity index (χ1) is 18.5. The Morgan fingerprint density at radius 2 is 1.82 bits per heavy atom. The number of ether oxygens (including phenoxy) is 1. The summed E-state index contributed by atoms with van der Waals surface area (Å²) in [4.78, 5) is 32.6. The van der Waals surface area contributed by atoms with Crippen molar-refractivity contribution >= 4 is 76.2 Å². The monoisotopic (exact) mass is 680 g/mol. The lowest BCUT2D eigenvalue weighted by atomic mass is 10.3. The summed E-state index contributed by atoms with van der Waals surface area (Å²) >= 11 is 7.84. The van der Waals surface area contributed by atoms with Crippen molar-refractivity contribution in [1.29, 1.82) is 0 Å². The standard InChI is InChI=1S/C9H7BrN2O.C8H4BrNO2S.C5H10N2.C4H9NO/c1-5(13)9-11-7-3-2-6(10)4-8(7)12-9;9-4-1-2-5-6(3-4)13-7(10-5)8(11)12;1-2-3-5(7)4-6;5-4-1-2-6-3-4/h2-4H,1H3,(H,11,12);1-3H,(H,11,12);2-4H,6-7H2,1H3;4H,1-3,5H2/b;;3-2-,5-4+;. The second-order valence-corrected chi connectivity index (χ2v) is 10.9. The number of thiazole rings is 1. The van der Waals surface area contributed by atoms with Crippen LogP contribution in [0, 0.1) is 0 Å². The van der Waals surface area contributed by atoms with Gasteiger partial charge in [0.25, 0.3) is 0 Å². The highest BCUT2D eigenvalue weighted by atomic mass is 79.9. The molecular weight excluding hydrogens is 652 g/mol. The number of carbonyl (C=O) groups excluding carboxylic acids is 1. The van der Waals surface area contributed by atoms with Crippen molar-refractivity contribution in [3.8, 4) is 0 Å². The topological polar surface area (TPSA) is 183 Å². The first-order valence-corrected chi connectivity index (χ1v) is 14.0. The fraction of sp³-hybridized carbons (Fsp3) is 0.231. The Kier molecular flexibility index (Phi) is 13.3. The first kappa shape index (κ1) is 32.1. The Hall–Kier alpha value is -3.10. The second-order valence-electron chi connectivity index (χ2n) is 8.03. The van der Waals surface area contributed by atoms with Gasteiger partial charge in [0.2, 0.25) is 5.01 Å². The molecule has 4 aromatic rings. The number of carboxylic acids is 1. The molecule has 39 heavy (non-hydrogen) atoms. The van der Waals surface area contributed by atoms with Crippen molar-refractivity contribution < 1.29 is 19.4 Å². The summed E-state index contributed by atoms with van der Waals surface area (Å²) in [5.74, 6) is -0.613. The third kappa shape index (κ3) is 10.9. The molecule has 5 rings (SSSR count). The summed E-state index contributed by atoms with van der Waals surface area (Å²) in [6, 6.07) is 11.5. The largest absolute Gasteiger partial charge is 0.476 e. The molecule has 1 unspecified atom stereocenters. The molecule has 0 amide bonds. The van der Waals surface area contributed by atoms with Crippen molar-refractivity contribution in [2.45, 2.75) is 26.3 Å². The van der Waals surface area contributed by atoms with E-state index in [2.05, 4.69) is 46.8 Å². The van der Waals surface area contributed by atoms with Gasteiger partial charge in [-0.3, -0.25) is 4.79 Å². The third-order valence-corrected chi connectivity index (χ3v) is 6.82. The minimum absolute atomic E-state index is 0.0488. The molecule has 1 saturated heterocycles. The number of carboxylic acid groups (broad SMARTS) is 1. The van der Waals surface area contributed by atoms with E-state index in [4.69, 9.17) is 27.0 Å². The molecule has 0 spiro atoms. The van der Waals surface area contributed by atoms with Gasteiger partial charge in [0.05, 0.1) is 27.9 Å². The van der Waals surface area contributed by atoms with Gasteiger partial charge in [-0.1, -0.05) is 37.9 Å². The van der Waals surface area contributed by atoms with Crippen LogP contribution in [0.15, 0.2) is 69.4 Å². The van der Waals surface area contributed by atoms with Gasteiger partial charge >= 0.3 is 5.97 Å². The highest BCUT2D eigenvalue weighted by molar-refractivity contribution is 9.10. The number of fused-ring (bicyclic) bond motifs is 2. The molecule has 10 nitrogen and oxygen atoms in total. The predicted molar refractivity (Wildman–Crippen MR) is 163 cm³/mol. The Bertz CT molecular complexity index is 1370. The van der Waals surface area contributed by atoms with Crippen molar-refractivity contribution in [3.63, 3.8) is 0 Å². The van der Waals surface area contributed by atoms with Crippen LogP contribution in [0.25, 0.3) is 21.3 Å². The number of hydrogen-bond acceptors (Lipinski definition) is 9. The van der Waals surface area contributed by atoms with Crippen LogP contribution in [0.2, 0.25) is 0 Å². The number of benzene rings is 2. The number of nitrogens with zero attached hydrogens (tertiary/aromatic N) is 2. The molecule has 0 aliphatic carbocycles. The second kappa shape index (κ2) is 16.1. The third-order valence-electron chi connectivity index (χ3n) is 4.83. The van der Waals surface area contributed by atoms with Gasteiger partial charge in [0, 0.05) is 40.4 Å². The molecule has 0 saturated carbocycles. The minimum atomic E-state index is -0.975. The summed E-state index contributed by atoms with van der Waals surface area (Å²) in [5, 5.41) is 8.82. The number of aromatic carboxylic acids is 1. The van der Waals surface area contributed by atoms with Gasteiger partial charge in [-0.05, 0) is 55.8 Å². The Morgan fingerprint density at radius 1 is 1.15 bits per heavy atom. The van der Waals surface area contributed by atoms with Crippen LogP contribution in [-0.4, -0.2) is 51.1 Å². The minimum Gasteiger partial charge on any atom is -0.476 e. The van der Waals surface area contributed by atoms with E-state index in [9.17, 15) is 9.59 Å². The lowest BCUT2D eigenvalue weighted by Gasteiger charge is -1.90. The van der Waals surface area contributed by atoms with Crippen LogP contribution in [0.4, 0.5) is 0 Å². The van der Waals surface area contributed by atoms with Gasteiger partial charge in [0.15, 0.2) is 11.6 Å². The first-order valence-electron chi connectivity index (χ1n) is 11.6. The normalized spacial score (nSPS) is 14.7. The highest BCUT2D eigenvalue weighted by Crippen LogP contribution is 2.25. The summed E-state index contributed by atoms with van der Waals surface area (Å²) in [7, 11) is 0. The number of rotatable bonds is 3. The number of imidazole rings is 1. The molecule has 8 N–H and O–H groups in total. The fourth-order valence-electron chi connectivity index (χ4n) is 2.94. The number of H-pyrrole nitrogens is 1. The van der Waals surface area contributed by atoms with Crippen molar-refractivity contribution in [2.24, 2.45) is 17.2 Å². The van der Waals surface area contributed by atoms with Gasteiger partial charge < -0.3 is 32.0 Å². The summed E-state index contributed by atoms with van der Waals surface area (Å²) in [6.07, 6.45) is 5.97. The SMILES string of the molecule is C/C=C\C(N)=C/N.CC(=O)c1nc2ccc(Br)cc2[nH]1.NC1CCOC1.O=C(O)c1nc2ccc(Br)cc2s1. The maximum absolute atomic E-state index is 11.0. The number of nitrogens with two attached hydrogens (primary N) is 3. The Labute approximate surface area is 246 Å². The predicted octanol–water partition coefficient (Wildman–Crippen LogP) is 5.34. The zero-order valence-electron chi connectivity index (χ0n) is 21.4. The van der Waals surface area contributed by atoms with Crippen LogP contribution in [0.1, 0.15) is 40.7 Å².